The monoisotopic (exact) mass is 329 g/mol. The molecule has 1 aromatic rings. The molecule has 1 saturated heterocycles. The molecule has 1 saturated carbocycles. The minimum Gasteiger partial charge on any atom is -0.481 e. The van der Waals surface area contributed by atoms with E-state index in [2.05, 4.69) is 27.0 Å². The molecule has 5 heteroatoms. The van der Waals surface area contributed by atoms with E-state index in [-0.39, 0.29) is 0 Å². The third-order valence-corrected chi connectivity index (χ3v) is 5.98. The molecule has 2 heterocycles. The molecule has 0 N–H and O–H groups in total. The van der Waals surface area contributed by atoms with E-state index >= 15 is 0 Å². The zero-order chi connectivity index (χ0) is 16.5. The standard InChI is InChI=1S/C19H27N3O2/c1-23-17-11-18(24-2)21-19(20-17)14-5-7-22(8-6-14)12-16-10-13-3-4-15(16)9-13/h3-4,11,13-16H,5-10,12H2,1-2H3/t13-,15+,16?/m1/s1. The van der Waals surface area contributed by atoms with Gasteiger partial charge in [-0.15, -0.1) is 0 Å². The van der Waals surface area contributed by atoms with E-state index in [0.717, 1.165) is 49.5 Å². The van der Waals surface area contributed by atoms with Gasteiger partial charge in [0.1, 0.15) is 5.82 Å². The van der Waals surface area contributed by atoms with Crippen LogP contribution in [0.2, 0.25) is 0 Å². The minimum absolute atomic E-state index is 0.408. The maximum absolute atomic E-state index is 5.28. The van der Waals surface area contributed by atoms with Gasteiger partial charge < -0.3 is 14.4 Å². The summed E-state index contributed by atoms with van der Waals surface area (Å²) in [6.45, 7) is 3.55. The lowest BCUT2D eigenvalue weighted by molar-refractivity contribution is 0.169. The fraction of sp³-hybridized carbons (Fsp3) is 0.684. The molecular weight excluding hydrogens is 302 g/mol. The topological polar surface area (TPSA) is 47.5 Å². The second kappa shape index (κ2) is 6.71. The largest absolute Gasteiger partial charge is 0.481 e. The van der Waals surface area contributed by atoms with Gasteiger partial charge in [-0.1, -0.05) is 12.2 Å². The van der Waals surface area contributed by atoms with Gasteiger partial charge in [0.15, 0.2) is 0 Å². The summed E-state index contributed by atoms with van der Waals surface area (Å²) < 4.78 is 10.6. The van der Waals surface area contributed by atoms with Crippen molar-refractivity contribution in [3.8, 4) is 11.8 Å². The molecule has 1 aromatic heterocycles. The molecule has 3 aliphatic rings. The number of piperidine rings is 1. The van der Waals surface area contributed by atoms with Gasteiger partial charge >= 0.3 is 0 Å². The third-order valence-electron chi connectivity index (χ3n) is 5.98. The summed E-state index contributed by atoms with van der Waals surface area (Å²) in [4.78, 5) is 11.7. The first kappa shape index (κ1) is 15.9. The number of hydrogen-bond acceptors (Lipinski definition) is 5. The highest BCUT2D eigenvalue weighted by Gasteiger charge is 2.37. The van der Waals surface area contributed by atoms with Gasteiger partial charge in [-0.05, 0) is 56.5 Å². The van der Waals surface area contributed by atoms with Crippen LogP contribution in [-0.4, -0.2) is 48.7 Å². The molecule has 24 heavy (non-hydrogen) atoms. The lowest BCUT2D eigenvalue weighted by Gasteiger charge is -2.34. The Morgan fingerprint density at radius 2 is 1.75 bits per heavy atom. The van der Waals surface area contributed by atoms with Crippen LogP contribution in [0.4, 0.5) is 0 Å². The second-order valence-electron chi connectivity index (χ2n) is 7.43. The molecule has 1 unspecified atom stereocenters. The maximum atomic E-state index is 5.28. The first-order valence-electron chi connectivity index (χ1n) is 9.12. The molecule has 0 amide bonds. The summed E-state index contributed by atoms with van der Waals surface area (Å²) in [6, 6.07) is 1.74. The van der Waals surface area contributed by atoms with E-state index in [1.54, 1.807) is 20.3 Å². The van der Waals surface area contributed by atoms with Crippen molar-refractivity contribution in [2.45, 2.75) is 31.6 Å². The highest BCUT2D eigenvalue weighted by molar-refractivity contribution is 5.22. The van der Waals surface area contributed by atoms with Gasteiger partial charge in [0, 0.05) is 12.5 Å². The van der Waals surface area contributed by atoms with Crippen LogP contribution in [0.3, 0.4) is 0 Å². The number of hydrogen-bond donors (Lipinski definition) is 0. The van der Waals surface area contributed by atoms with Gasteiger partial charge in [-0.2, -0.15) is 9.97 Å². The lowest BCUT2D eigenvalue weighted by Crippen LogP contribution is -2.37. The van der Waals surface area contributed by atoms with Crippen molar-refractivity contribution >= 4 is 0 Å². The number of rotatable bonds is 5. The second-order valence-corrected chi connectivity index (χ2v) is 7.43. The van der Waals surface area contributed by atoms with Gasteiger partial charge in [-0.25, -0.2) is 0 Å². The number of ether oxygens (including phenoxy) is 2. The van der Waals surface area contributed by atoms with Gasteiger partial charge in [0.25, 0.3) is 0 Å². The summed E-state index contributed by atoms with van der Waals surface area (Å²) in [5, 5.41) is 0. The van der Waals surface area contributed by atoms with Gasteiger partial charge in [0.2, 0.25) is 11.8 Å². The van der Waals surface area contributed by atoms with Crippen molar-refractivity contribution in [3.63, 3.8) is 0 Å². The molecule has 3 atom stereocenters. The Balaban J connectivity index is 1.35. The Kier molecular flexibility index (Phi) is 4.44. The van der Waals surface area contributed by atoms with E-state index in [9.17, 15) is 0 Å². The van der Waals surface area contributed by atoms with Crippen LogP contribution in [0.15, 0.2) is 18.2 Å². The van der Waals surface area contributed by atoms with Crippen LogP contribution < -0.4 is 9.47 Å². The highest BCUT2D eigenvalue weighted by atomic mass is 16.5. The quantitative estimate of drug-likeness (QED) is 0.778. The fourth-order valence-corrected chi connectivity index (χ4v) is 4.62. The van der Waals surface area contributed by atoms with Crippen molar-refractivity contribution in [2.75, 3.05) is 33.9 Å². The zero-order valence-corrected chi connectivity index (χ0v) is 14.6. The molecule has 2 bridgehead atoms. The minimum atomic E-state index is 0.408. The van der Waals surface area contributed by atoms with Crippen molar-refractivity contribution in [3.05, 3.63) is 24.0 Å². The van der Waals surface area contributed by atoms with Crippen molar-refractivity contribution in [1.29, 1.82) is 0 Å². The number of aromatic nitrogens is 2. The predicted molar refractivity (Wildman–Crippen MR) is 92.4 cm³/mol. The summed E-state index contributed by atoms with van der Waals surface area (Å²) in [6.07, 6.45) is 9.93. The first-order chi connectivity index (χ1) is 11.7. The molecular formula is C19H27N3O2. The summed E-state index contributed by atoms with van der Waals surface area (Å²) in [5.74, 6) is 5.05. The number of methoxy groups -OCH3 is 2. The Hall–Kier alpha value is -1.62. The SMILES string of the molecule is COc1cc(OC)nc(C2CCN(CC3C[C@@H]4C=C[C@H]3C4)CC2)n1. The van der Waals surface area contributed by atoms with Crippen molar-refractivity contribution in [1.82, 2.24) is 14.9 Å². The summed E-state index contributed by atoms with van der Waals surface area (Å²) >= 11 is 0. The number of nitrogens with zero attached hydrogens (tertiary/aromatic N) is 3. The van der Waals surface area contributed by atoms with E-state index in [0.29, 0.717) is 17.7 Å². The van der Waals surface area contributed by atoms with Crippen molar-refractivity contribution in [2.24, 2.45) is 17.8 Å². The van der Waals surface area contributed by atoms with Crippen LogP contribution in [0.25, 0.3) is 0 Å². The van der Waals surface area contributed by atoms with E-state index in [1.807, 2.05) is 0 Å². The maximum Gasteiger partial charge on any atom is 0.220 e. The Morgan fingerprint density at radius 3 is 2.29 bits per heavy atom. The molecule has 5 nitrogen and oxygen atoms in total. The third kappa shape index (κ3) is 3.14. The molecule has 2 fully saturated rings. The highest BCUT2D eigenvalue weighted by Crippen LogP contribution is 2.44. The van der Waals surface area contributed by atoms with Gasteiger partial charge in [0.05, 0.1) is 20.3 Å². The van der Waals surface area contributed by atoms with Crippen LogP contribution in [0.1, 0.15) is 37.4 Å². The fourth-order valence-electron chi connectivity index (χ4n) is 4.62. The van der Waals surface area contributed by atoms with Crippen LogP contribution in [-0.2, 0) is 0 Å². The van der Waals surface area contributed by atoms with Gasteiger partial charge in [-0.3, -0.25) is 0 Å². The zero-order valence-electron chi connectivity index (χ0n) is 14.6. The molecule has 130 valence electrons. The molecule has 0 aromatic carbocycles. The Labute approximate surface area is 144 Å². The number of allylic oxidation sites excluding steroid dienone is 2. The molecule has 1 aliphatic heterocycles. The number of likely N-dealkylation sites (tertiary alicyclic amines) is 1. The molecule has 0 spiro atoms. The van der Waals surface area contributed by atoms with E-state index in [1.165, 1.54) is 19.4 Å². The Morgan fingerprint density at radius 1 is 1.04 bits per heavy atom. The average Bonchev–Trinajstić information content (AvgIpc) is 3.25. The molecule has 2 aliphatic carbocycles. The van der Waals surface area contributed by atoms with E-state index < -0.39 is 0 Å². The first-order valence-corrected chi connectivity index (χ1v) is 9.12. The van der Waals surface area contributed by atoms with Crippen LogP contribution >= 0.6 is 0 Å². The predicted octanol–water partition coefficient (Wildman–Crippen LogP) is 2.89. The van der Waals surface area contributed by atoms with Crippen molar-refractivity contribution < 1.29 is 9.47 Å². The average molecular weight is 329 g/mol. The normalized spacial score (nSPS) is 30.0. The summed E-state index contributed by atoms with van der Waals surface area (Å²) in [5.41, 5.74) is 0. The van der Waals surface area contributed by atoms with E-state index in [4.69, 9.17) is 9.47 Å². The smallest absolute Gasteiger partial charge is 0.220 e. The van der Waals surface area contributed by atoms with Crippen LogP contribution in [0, 0.1) is 17.8 Å². The molecule has 4 rings (SSSR count). The Bertz CT molecular complexity index is 588. The number of fused-ring (bicyclic) bond motifs is 2. The summed E-state index contributed by atoms with van der Waals surface area (Å²) in [7, 11) is 3.27. The van der Waals surface area contributed by atoms with Crippen LogP contribution in [0.5, 0.6) is 11.8 Å². The molecule has 0 radical (unpaired) electrons. The lowest BCUT2D eigenvalue weighted by atomic mass is 9.90.